The van der Waals surface area contributed by atoms with E-state index in [1.807, 2.05) is 0 Å². The molecule has 1 unspecified atom stereocenters. The van der Waals surface area contributed by atoms with Crippen LogP contribution in [0.25, 0.3) is 0 Å². The summed E-state index contributed by atoms with van der Waals surface area (Å²) in [5, 5.41) is 0. The first-order chi connectivity index (χ1) is 6.74. The van der Waals surface area contributed by atoms with Crippen LogP contribution in [0.4, 0.5) is 0 Å². The first-order valence-electron chi connectivity index (χ1n) is 6.01. The molecule has 0 bridgehead atoms. The van der Waals surface area contributed by atoms with Crippen molar-refractivity contribution in [2.24, 2.45) is 11.7 Å². The average molecular weight is 197 g/mol. The zero-order valence-corrected chi connectivity index (χ0v) is 9.30. The van der Waals surface area contributed by atoms with Crippen LogP contribution >= 0.6 is 0 Å². The zero-order chi connectivity index (χ0) is 10.4. The van der Waals surface area contributed by atoms with Crippen molar-refractivity contribution in [3.63, 3.8) is 0 Å². The van der Waals surface area contributed by atoms with Crippen molar-refractivity contribution in [2.75, 3.05) is 0 Å². The largest absolute Gasteiger partial charge is 0.327 e. The second-order valence-corrected chi connectivity index (χ2v) is 4.55. The van der Waals surface area contributed by atoms with Gasteiger partial charge in [-0.2, -0.15) is 0 Å². The average Bonchev–Trinajstić information content (AvgIpc) is 2.95. The molecule has 1 rings (SSSR count). The summed E-state index contributed by atoms with van der Waals surface area (Å²) >= 11 is 0. The number of carbonyl (C=O) groups excluding carboxylic acids is 1. The van der Waals surface area contributed by atoms with Crippen LogP contribution in [0.2, 0.25) is 0 Å². The van der Waals surface area contributed by atoms with E-state index in [0.29, 0.717) is 18.1 Å². The van der Waals surface area contributed by atoms with Crippen LogP contribution in [0.5, 0.6) is 0 Å². The van der Waals surface area contributed by atoms with Crippen LogP contribution in [-0.2, 0) is 4.79 Å². The maximum Gasteiger partial charge on any atom is 0.134 e. The molecule has 1 aliphatic rings. The molecule has 0 aromatic heterocycles. The maximum absolute atomic E-state index is 11.5. The van der Waals surface area contributed by atoms with E-state index in [2.05, 4.69) is 6.92 Å². The Balaban J connectivity index is 1.97. The van der Waals surface area contributed by atoms with Gasteiger partial charge in [0, 0.05) is 18.9 Å². The molecule has 0 radical (unpaired) electrons. The molecule has 0 aromatic rings. The lowest BCUT2D eigenvalue weighted by atomic mass is 10.0. The first kappa shape index (κ1) is 11.7. The van der Waals surface area contributed by atoms with Crippen LogP contribution in [0.15, 0.2) is 0 Å². The highest BCUT2D eigenvalue weighted by Gasteiger charge is 2.29. The molecule has 1 saturated carbocycles. The van der Waals surface area contributed by atoms with E-state index >= 15 is 0 Å². The lowest BCUT2D eigenvalue weighted by Gasteiger charge is -2.08. The number of unbranched alkanes of at least 4 members (excludes halogenated alkanes) is 3. The van der Waals surface area contributed by atoms with Gasteiger partial charge in [-0.3, -0.25) is 4.79 Å². The van der Waals surface area contributed by atoms with E-state index < -0.39 is 0 Å². The van der Waals surface area contributed by atoms with Gasteiger partial charge in [0.1, 0.15) is 5.78 Å². The molecular formula is C12H23NO. The van der Waals surface area contributed by atoms with Gasteiger partial charge in [-0.25, -0.2) is 0 Å². The van der Waals surface area contributed by atoms with E-state index in [9.17, 15) is 4.79 Å². The molecule has 1 atom stereocenters. The van der Waals surface area contributed by atoms with E-state index in [-0.39, 0.29) is 6.04 Å². The van der Waals surface area contributed by atoms with Crippen molar-refractivity contribution < 1.29 is 4.79 Å². The molecule has 1 aliphatic carbocycles. The van der Waals surface area contributed by atoms with E-state index in [1.165, 1.54) is 32.1 Å². The molecule has 82 valence electrons. The van der Waals surface area contributed by atoms with E-state index in [1.54, 1.807) is 0 Å². The van der Waals surface area contributed by atoms with Gasteiger partial charge in [-0.15, -0.1) is 0 Å². The van der Waals surface area contributed by atoms with Gasteiger partial charge in [-0.05, 0) is 25.2 Å². The van der Waals surface area contributed by atoms with Gasteiger partial charge in [0.25, 0.3) is 0 Å². The van der Waals surface area contributed by atoms with Crippen molar-refractivity contribution in [3.8, 4) is 0 Å². The molecule has 1 fully saturated rings. The summed E-state index contributed by atoms with van der Waals surface area (Å²) in [6, 6.07) is 0.161. The van der Waals surface area contributed by atoms with E-state index in [0.717, 1.165) is 12.8 Å². The molecule has 0 heterocycles. The molecule has 2 heteroatoms. The first-order valence-corrected chi connectivity index (χ1v) is 6.01. The highest BCUT2D eigenvalue weighted by molar-refractivity contribution is 5.79. The minimum atomic E-state index is 0.161. The molecule has 0 amide bonds. The molecule has 14 heavy (non-hydrogen) atoms. The molecule has 2 nitrogen and oxygen atoms in total. The fourth-order valence-corrected chi connectivity index (χ4v) is 1.80. The summed E-state index contributed by atoms with van der Waals surface area (Å²) in [4.78, 5) is 11.5. The van der Waals surface area contributed by atoms with Gasteiger partial charge >= 0.3 is 0 Å². The van der Waals surface area contributed by atoms with Gasteiger partial charge in [0.05, 0.1) is 0 Å². The Bertz CT molecular complexity index is 175. The fourth-order valence-electron chi connectivity index (χ4n) is 1.80. The summed E-state index contributed by atoms with van der Waals surface area (Å²) in [5.74, 6) is 1.04. The second-order valence-electron chi connectivity index (χ2n) is 4.55. The summed E-state index contributed by atoms with van der Waals surface area (Å²) in [6.45, 7) is 2.19. The fraction of sp³-hybridized carbons (Fsp3) is 0.917. The lowest BCUT2D eigenvalue weighted by Crippen LogP contribution is -2.25. The Hall–Kier alpha value is -0.370. The van der Waals surface area contributed by atoms with Gasteiger partial charge in [-0.1, -0.05) is 26.2 Å². The van der Waals surface area contributed by atoms with Crippen molar-refractivity contribution in [3.05, 3.63) is 0 Å². The molecule has 0 spiro atoms. The lowest BCUT2D eigenvalue weighted by molar-refractivity contribution is -0.119. The van der Waals surface area contributed by atoms with Crippen LogP contribution in [0.3, 0.4) is 0 Å². The Kier molecular flexibility index (Phi) is 5.16. The third-order valence-electron chi connectivity index (χ3n) is 3.00. The highest BCUT2D eigenvalue weighted by Crippen LogP contribution is 2.33. The summed E-state index contributed by atoms with van der Waals surface area (Å²) in [5.41, 5.74) is 5.89. The number of Topliss-reactive ketones (excluding diaryl/α,β-unsaturated/α-hetero) is 1. The normalized spacial score (nSPS) is 18.1. The van der Waals surface area contributed by atoms with Gasteiger partial charge in [0.15, 0.2) is 0 Å². The second kappa shape index (κ2) is 6.18. The highest BCUT2D eigenvalue weighted by atomic mass is 16.1. The Labute approximate surface area is 87.2 Å². The standard InChI is InChI=1S/C12H23NO/c1-2-3-4-5-6-11(14)9-12(13)10-7-8-10/h10,12H,2-9,13H2,1H3. The zero-order valence-electron chi connectivity index (χ0n) is 9.30. The van der Waals surface area contributed by atoms with E-state index in [4.69, 9.17) is 5.73 Å². The number of rotatable bonds is 8. The van der Waals surface area contributed by atoms with Crippen molar-refractivity contribution in [2.45, 2.75) is 64.3 Å². The third kappa shape index (κ3) is 4.75. The number of hydrogen-bond acceptors (Lipinski definition) is 2. The third-order valence-corrected chi connectivity index (χ3v) is 3.00. The summed E-state index contributed by atoms with van der Waals surface area (Å²) in [6.07, 6.45) is 8.59. The van der Waals surface area contributed by atoms with Crippen LogP contribution in [-0.4, -0.2) is 11.8 Å². The number of ketones is 1. The smallest absolute Gasteiger partial charge is 0.134 e. The predicted molar refractivity (Wildman–Crippen MR) is 59.1 cm³/mol. The molecular weight excluding hydrogens is 174 g/mol. The maximum atomic E-state index is 11.5. The Morgan fingerprint density at radius 1 is 1.36 bits per heavy atom. The molecule has 0 saturated heterocycles. The number of nitrogens with two attached hydrogens (primary N) is 1. The molecule has 2 N–H and O–H groups in total. The summed E-state index contributed by atoms with van der Waals surface area (Å²) in [7, 11) is 0. The topological polar surface area (TPSA) is 43.1 Å². The monoisotopic (exact) mass is 197 g/mol. The van der Waals surface area contributed by atoms with Crippen LogP contribution < -0.4 is 5.73 Å². The van der Waals surface area contributed by atoms with Crippen molar-refractivity contribution in [1.29, 1.82) is 0 Å². The molecule has 0 aliphatic heterocycles. The van der Waals surface area contributed by atoms with Crippen molar-refractivity contribution in [1.82, 2.24) is 0 Å². The van der Waals surface area contributed by atoms with Crippen molar-refractivity contribution >= 4 is 5.78 Å². The Morgan fingerprint density at radius 2 is 2.07 bits per heavy atom. The quantitative estimate of drug-likeness (QED) is 0.608. The number of carbonyl (C=O) groups is 1. The minimum absolute atomic E-state index is 0.161. The Morgan fingerprint density at radius 3 is 2.64 bits per heavy atom. The van der Waals surface area contributed by atoms with Crippen LogP contribution in [0, 0.1) is 5.92 Å². The minimum Gasteiger partial charge on any atom is -0.327 e. The summed E-state index contributed by atoms with van der Waals surface area (Å²) < 4.78 is 0. The SMILES string of the molecule is CCCCCCC(=O)CC(N)C1CC1. The number of hydrogen-bond donors (Lipinski definition) is 1. The van der Waals surface area contributed by atoms with Gasteiger partial charge in [0.2, 0.25) is 0 Å². The predicted octanol–water partition coefficient (Wildman–Crippen LogP) is 2.65. The molecule has 0 aromatic carbocycles. The van der Waals surface area contributed by atoms with Crippen LogP contribution in [0.1, 0.15) is 58.3 Å². The van der Waals surface area contributed by atoms with Gasteiger partial charge < -0.3 is 5.73 Å².